The molecule has 1 aliphatic carbocycles. The summed E-state index contributed by atoms with van der Waals surface area (Å²) < 4.78 is 0. The molecule has 0 unspecified atom stereocenters. The summed E-state index contributed by atoms with van der Waals surface area (Å²) in [5, 5.41) is 5.34. The third kappa shape index (κ3) is 1.56. The van der Waals surface area contributed by atoms with Gasteiger partial charge in [0.25, 0.3) is 0 Å². The van der Waals surface area contributed by atoms with E-state index < -0.39 is 0 Å². The lowest BCUT2D eigenvalue weighted by Crippen LogP contribution is -1.81. The number of fused-ring (bicyclic) bond motifs is 5. The lowest BCUT2D eigenvalue weighted by Gasteiger charge is -2.05. The highest BCUT2D eigenvalue weighted by Crippen LogP contribution is 2.40. The molecule has 0 spiro atoms. The van der Waals surface area contributed by atoms with E-state index >= 15 is 0 Å². The standard InChI is InChI=1S/C21H14/c1-3-7-16-12-20-18(9-14(16)5-1)11-19-10-15-6-2-4-8-17(15)13-21(19)20/h1-10,12-13H,11H2. The summed E-state index contributed by atoms with van der Waals surface area (Å²) >= 11 is 0. The molecule has 0 saturated carbocycles. The van der Waals surface area contributed by atoms with Crippen LogP contribution in [0.4, 0.5) is 0 Å². The fraction of sp³-hybridized carbons (Fsp3) is 0.0476. The molecule has 4 aromatic carbocycles. The van der Waals surface area contributed by atoms with E-state index in [9.17, 15) is 0 Å². The van der Waals surface area contributed by atoms with Gasteiger partial charge in [0.05, 0.1) is 0 Å². The van der Waals surface area contributed by atoms with Crippen molar-refractivity contribution in [3.8, 4) is 11.1 Å². The summed E-state index contributed by atoms with van der Waals surface area (Å²) in [6.45, 7) is 0. The summed E-state index contributed by atoms with van der Waals surface area (Å²) in [7, 11) is 0. The molecule has 0 N–H and O–H groups in total. The molecule has 0 amide bonds. The van der Waals surface area contributed by atoms with Crippen molar-refractivity contribution < 1.29 is 0 Å². The van der Waals surface area contributed by atoms with Crippen molar-refractivity contribution in [2.24, 2.45) is 0 Å². The van der Waals surface area contributed by atoms with Crippen molar-refractivity contribution in [1.29, 1.82) is 0 Å². The highest BCUT2D eigenvalue weighted by atomic mass is 14.2. The topological polar surface area (TPSA) is 0 Å². The summed E-state index contributed by atoms with van der Waals surface area (Å²) in [4.78, 5) is 0. The maximum atomic E-state index is 2.36. The van der Waals surface area contributed by atoms with Crippen molar-refractivity contribution in [3.05, 3.63) is 83.9 Å². The SMILES string of the molecule is c1ccc2cc3c(cc2c1)Cc1cc2ccccc2cc1-3. The number of rotatable bonds is 0. The Labute approximate surface area is 123 Å². The van der Waals surface area contributed by atoms with Crippen LogP contribution in [0.25, 0.3) is 32.7 Å². The van der Waals surface area contributed by atoms with E-state index in [4.69, 9.17) is 0 Å². The molecule has 0 bridgehead atoms. The third-order valence-electron chi connectivity index (χ3n) is 4.61. The third-order valence-corrected chi connectivity index (χ3v) is 4.61. The molecule has 5 rings (SSSR count). The Kier molecular flexibility index (Phi) is 2.09. The van der Waals surface area contributed by atoms with Crippen LogP contribution >= 0.6 is 0 Å². The monoisotopic (exact) mass is 266 g/mol. The van der Waals surface area contributed by atoms with Gasteiger partial charge < -0.3 is 0 Å². The highest BCUT2D eigenvalue weighted by Gasteiger charge is 2.19. The zero-order valence-electron chi connectivity index (χ0n) is 11.6. The van der Waals surface area contributed by atoms with Gasteiger partial charge >= 0.3 is 0 Å². The highest BCUT2D eigenvalue weighted by molar-refractivity contribution is 5.96. The quantitative estimate of drug-likeness (QED) is 0.344. The van der Waals surface area contributed by atoms with Crippen LogP contribution in [-0.2, 0) is 6.42 Å². The number of hydrogen-bond donors (Lipinski definition) is 0. The summed E-state index contributed by atoms with van der Waals surface area (Å²) in [6.07, 6.45) is 1.06. The first kappa shape index (κ1) is 11.1. The van der Waals surface area contributed by atoms with Crippen molar-refractivity contribution in [2.75, 3.05) is 0 Å². The Hall–Kier alpha value is -2.60. The van der Waals surface area contributed by atoms with Crippen molar-refractivity contribution in [3.63, 3.8) is 0 Å². The first-order chi connectivity index (χ1) is 10.4. The normalized spacial score (nSPS) is 12.6. The van der Waals surface area contributed by atoms with Gasteiger partial charge in [0.1, 0.15) is 0 Å². The van der Waals surface area contributed by atoms with Crippen LogP contribution in [0.15, 0.2) is 72.8 Å². The van der Waals surface area contributed by atoms with E-state index in [0.29, 0.717) is 0 Å². The minimum absolute atomic E-state index is 1.06. The number of benzene rings is 4. The van der Waals surface area contributed by atoms with Crippen LogP contribution in [0, 0.1) is 0 Å². The molecule has 0 heteroatoms. The van der Waals surface area contributed by atoms with Crippen LogP contribution in [0.2, 0.25) is 0 Å². The first-order valence-corrected chi connectivity index (χ1v) is 7.42. The molecule has 0 aliphatic heterocycles. The van der Waals surface area contributed by atoms with Crippen molar-refractivity contribution in [2.45, 2.75) is 6.42 Å². The molecule has 0 heterocycles. The molecular weight excluding hydrogens is 252 g/mol. The predicted molar refractivity (Wildman–Crippen MR) is 89.7 cm³/mol. The van der Waals surface area contributed by atoms with Gasteiger partial charge in [-0.15, -0.1) is 0 Å². The molecule has 0 nitrogen and oxygen atoms in total. The molecule has 0 atom stereocenters. The summed E-state index contributed by atoms with van der Waals surface area (Å²) in [5.74, 6) is 0. The zero-order valence-corrected chi connectivity index (χ0v) is 11.6. The summed E-state index contributed by atoms with van der Waals surface area (Å²) in [6, 6.07) is 26.7. The van der Waals surface area contributed by atoms with E-state index in [1.54, 1.807) is 0 Å². The number of hydrogen-bond acceptors (Lipinski definition) is 0. The van der Waals surface area contributed by atoms with Crippen molar-refractivity contribution in [1.82, 2.24) is 0 Å². The van der Waals surface area contributed by atoms with Gasteiger partial charge in [0.15, 0.2) is 0 Å². The van der Waals surface area contributed by atoms with E-state index in [1.165, 1.54) is 43.8 Å². The van der Waals surface area contributed by atoms with E-state index in [1.807, 2.05) is 0 Å². The maximum absolute atomic E-state index is 2.36. The van der Waals surface area contributed by atoms with Gasteiger partial charge in [-0.05, 0) is 62.4 Å². The zero-order chi connectivity index (χ0) is 13.8. The van der Waals surface area contributed by atoms with Gasteiger partial charge in [-0.3, -0.25) is 0 Å². The predicted octanol–water partition coefficient (Wildman–Crippen LogP) is 5.56. The largest absolute Gasteiger partial charge is 0.0616 e. The van der Waals surface area contributed by atoms with Gasteiger partial charge in [-0.2, -0.15) is 0 Å². The van der Waals surface area contributed by atoms with E-state index in [-0.39, 0.29) is 0 Å². The average molecular weight is 266 g/mol. The second kappa shape index (κ2) is 3.95. The molecule has 0 saturated heterocycles. The van der Waals surface area contributed by atoms with Crippen LogP contribution in [0.5, 0.6) is 0 Å². The second-order valence-electron chi connectivity index (χ2n) is 5.89. The molecule has 98 valence electrons. The molecule has 0 radical (unpaired) electrons. The van der Waals surface area contributed by atoms with Gasteiger partial charge in [0.2, 0.25) is 0 Å². The van der Waals surface area contributed by atoms with Crippen LogP contribution in [-0.4, -0.2) is 0 Å². The Morgan fingerprint density at radius 3 is 1.29 bits per heavy atom. The average Bonchev–Trinajstić information content (AvgIpc) is 2.87. The van der Waals surface area contributed by atoms with Crippen LogP contribution in [0.1, 0.15) is 11.1 Å². The first-order valence-electron chi connectivity index (χ1n) is 7.42. The second-order valence-corrected chi connectivity index (χ2v) is 5.89. The van der Waals surface area contributed by atoms with E-state index in [2.05, 4.69) is 72.8 Å². The molecule has 0 aromatic heterocycles. The lowest BCUT2D eigenvalue weighted by atomic mass is 9.99. The van der Waals surface area contributed by atoms with Crippen LogP contribution in [0.3, 0.4) is 0 Å². The van der Waals surface area contributed by atoms with Crippen LogP contribution < -0.4 is 0 Å². The summed E-state index contributed by atoms with van der Waals surface area (Å²) in [5.41, 5.74) is 5.74. The Morgan fingerprint density at radius 1 is 0.476 bits per heavy atom. The Balaban J connectivity index is 1.84. The lowest BCUT2D eigenvalue weighted by molar-refractivity contribution is 1.28. The molecule has 1 aliphatic rings. The minimum Gasteiger partial charge on any atom is -0.0616 e. The molecule has 0 fully saturated rings. The van der Waals surface area contributed by atoms with Gasteiger partial charge in [-0.1, -0.05) is 60.7 Å². The van der Waals surface area contributed by atoms with E-state index in [0.717, 1.165) is 6.42 Å². The molecular formula is C21H14. The fourth-order valence-electron chi connectivity index (χ4n) is 3.57. The fourth-order valence-corrected chi connectivity index (χ4v) is 3.57. The Bertz CT molecular complexity index is 926. The van der Waals surface area contributed by atoms with Gasteiger partial charge in [-0.25, -0.2) is 0 Å². The smallest absolute Gasteiger partial charge is 0.00130 e. The van der Waals surface area contributed by atoms with Gasteiger partial charge in [0, 0.05) is 0 Å². The Morgan fingerprint density at radius 2 is 0.857 bits per heavy atom. The maximum Gasteiger partial charge on any atom is -0.00130 e. The van der Waals surface area contributed by atoms with Crippen molar-refractivity contribution >= 4 is 21.5 Å². The minimum atomic E-state index is 1.06. The molecule has 4 aromatic rings. The molecule has 21 heavy (non-hydrogen) atoms.